The molecule has 9 nitrogen and oxygen atoms in total. The van der Waals surface area contributed by atoms with Crippen molar-refractivity contribution in [3.05, 3.63) is 87.4 Å². The van der Waals surface area contributed by atoms with Crippen molar-refractivity contribution in [2.75, 3.05) is 19.8 Å². The second kappa shape index (κ2) is 18.6. The maximum atomic E-state index is 13.0. The maximum Gasteiger partial charge on any atom is 0.387 e. The normalized spacial score (nSPS) is 10.7. The number of hydrogen-bond acceptors (Lipinski definition) is 8. The minimum atomic E-state index is -2.99. The highest BCUT2D eigenvalue weighted by Crippen LogP contribution is 2.28. The fraction of sp³-hybridized carbons (Fsp3) is 0.364. The molecule has 242 valence electrons. The van der Waals surface area contributed by atoms with E-state index in [0.717, 1.165) is 11.1 Å². The highest BCUT2D eigenvalue weighted by Gasteiger charge is 2.16. The molecule has 0 saturated carbocycles. The van der Waals surface area contributed by atoms with Crippen LogP contribution in [0, 0.1) is 0 Å². The number of ether oxygens (including phenoxy) is 5. The number of benzene rings is 3. The van der Waals surface area contributed by atoms with Gasteiger partial charge in [-0.2, -0.15) is 8.78 Å². The van der Waals surface area contributed by atoms with Crippen molar-refractivity contribution in [3.63, 3.8) is 0 Å². The molecule has 0 radical (unpaired) electrons. The molecule has 0 aliphatic carbocycles. The Morgan fingerprint density at radius 2 is 1.53 bits per heavy atom. The lowest BCUT2D eigenvalue weighted by Crippen LogP contribution is -2.23. The van der Waals surface area contributed by atoms with Gasteiger partial charge < -0.3 is 29.0 Å². The molecule has 1 amide bonds. The van der Waals surface area contributed by atoms with E-state index in [-0.39, 0.29) is 62.5 Å². The van der Waals surface area contributed by atoms with E-state index in [0.29, 0.717) is 41.0 Å². The van der Waals surface area contributed by atoms with Gasteiger partial charge in [0.15, 0.2) is 0 Å². The molecule has 3 aromatic rings. The quantitative estimate of drug-likeness (QED) is 0.115. The summed E-state index contributed by atoms with van der Waals surface area (Å²) in [4.78, 5) is 36.8. The first kappa shape index (κ1) is 35.3. The maximum absolute atomic E-state index is 13.0. The molecule has 12 heteroatoms. The first-order chi connectivity index (χ1) is 21.7. The number of para-hydroxylation sites is 1. The smallest absolute Gasteiger partial charge is 0.387 e. The van der Waals surface area contributed by atoms with Gasteiger partial charge in [0.2, 0.25) is 0 Å². The predicted octanol–water partition coefficient (Wildman–Crippen LogP) is 6.78. The van der Waals surface area contributed by atoms with Crippen molar-refractivity contribution in [3.8, 4) is 17.2 Å². The van der Waals surface area contributed by atoms with Crippen molar-refractivity contribution in [1.29, 1.82) is 0 Å². The lowest BCUT2D eigenvalue weighted by atomic mass is 10.0. The number of alkyl halides is 2. The van der Waals surface area contributed by atoms with Gasteiger partial charge in [0.05, 0.1) is 19.8 Å². The lowest BCUT2D eigenvalue weighted by Gasteiger charge is -2.17. The molecular formula is C33H36BrF2NO8. The predicted molar refractivity (Wildman–Crippen MR) is 165 cm³/mol. The zero-order chi connectivity index (χ0) is 32.6. The molecule has 0 aliphatic heterocycles. The van der Waals surface area contributed by atoms with E-state index in [1.807, 2.05) is 12.1 Å². The summed E-state index contributed by atoms with van der Waals surface area (Å²) >= 11 is 3.41. The van der Waals surface area contributed by atoms with Crippen LogP contribution in [0.4, 0.5) is 8.78 Å². The zero-order valence-corrected chi connectivity index (χ0v) is 26.7. The van der Waals surface area contributed by atoms with Gasteiger partial charge >= 0.3 is 18.6 Å². The van der Waals surface area contributed by atoms with E-state index in [4.69, 9.17) is 18.9 Å². The molecular weight excluding hydrogens is 656 g/mol. The number of carbonyl (C=O) groups excluding carboxylic acids is 3. The molecule has 0 bridgehead atoms. The third kappa shape index (κ3) is 12.0. The number of carbonyl (C=O) groups is 3. The highest BCUT2D eigenvalue weighted by molar-refractivity contribution is 9.10. The van der Waals surface area contributed by atoms with Gasteiger partial charge in [0.25, 0.3) is 5.91 Å². The number of esters is 2. The summed E-state index contributed by atoms with van der Waals surface area (Å²) in [7, 11) is 0. The largest absolute Gasteiger partial charge is 0.493 e. The molecule has 0 aromatic heterocycles. The standard InChI is InChI=1S/C33H36BrF2NO8/c1-3-41-30(38)13-8-16-43-29-12-7-10-23(27(29)14-15-31(39)42-4-2)21-44-26-18-24(17-25(34)19-26)32(40)37-20-22-9-5-6-11-28(22)45-33(35)36/h5-7,9-12,17-19,33H,3-4,8,13-16,20-21H2,1-2H3,(H,37,40). The van der Waals surface area contributed by atoms with Gasteiger partial charge in [-0.05, 0) is 62.6 Å². The van der Waals surface area contributed by atoms with E-state index < -0.39 is 12.5 Å². The molecule has 3 aromatic carbocycles. The fourth-order valence-electron chi connectivity index (χ4n) is 4.33. The van der Waals surface area contributed by atoms with Crippen molar-refractivity contribution < 1.29 is 46.8 Å². The highest BCUT2D eigenvalue weighted by atomic mass is 79.9. The van der Waals surface area contributed by atoms with E-state index in [1.165, 1.54) is 6.07 Å². The molecule has 0 fully saturated rings. The van der Waals surface area contributed by atoms with Crippen molar-refractivity contribution in [2.45, 2.75) is 59.3 Å². The SMILES string of the molecule is CCOC(=O)CCCOc1cccc(COc2cc(Br)cc(C(=O)NCc3ccccc3OC(F)F)c2)c1CCC(=O)OCC. The van der Waals surface area contributed by atoms with Gasteiger partial charge in [-0.3, -0.25) is 14.4 Å². The Bertz CT molecular complexity index is 1440. The van der Waals surface area contributed by atoms with Crippen LogP contribution in [0.3, 0.4) is 0 Å². The lowest BCUT2D eigenvalue weighted by molar-refractivity contribution is -0.144. The molecule has 0 atom stereocenters. The summed E-state index contributed by atoms with van der Waals surface area (Å²) in [5, 5.41) is 2.72. The average molecular weight is 693 g/mol. The number of halogens is 3. The van der Waals surface area contributed by atoms with Gasteiger partial charge in [0, 0.05) is 40.5 Å². The third-order valence-electron chi connectivity index (χ3n) is 6.36. The van der Waals surface area contributed by atoms with Crippen molar-refractivity contribution in [1.82, 2.24) is 5.32 Å². The van der Waals surface area contributed by atoms with Crippen LogP contribution >= 0.6 is 15.9 Å². The Hall–Kier alpha value is -4.19. The zero-order valence-electron chi connectivity index (χ0n) is 25.1. The first-order valence-electron chi connectivity index (χ1n) is 14.5. The van der Waals surface area contributed by atoms with Gasteiger partial charge in [-0.15, -0.1) is 0 Å². The fourth-order valence-corrected chi connectivity index (χ4v) is 4.81. The Morgan fingerprint density at radius 3 is 2.27 bits per heavy atom. The summed E-state index contributed by atoms with van der Waals surface area (Å²) in [6.45, 7) is 1.45. The Kier molecular flexibility index (Phi) is 14.6. The molecule has 0 spiro atoms. The second-order valence-electron chi connectivity index (χ2n) is 9.59. The first-order valence-corrected chi connectivity index (χ1v) is 15.3. The van der Waals surface area contributed by atoms with Crippen LogP contribution in [0.15, 0.2) is 65.1 Å². The summed E-state index contributed by atoms with van der Waals surface area (Å²) in [5.41, 5.74) is 2.21. The van der Waals surface area contributed by atoms with Crippen LogP contribution in [0.5, 0.6) is 17.2 Å². The molecule has 0 saturated heterocycles. The monoisotopic (exact) mass is 691 g/mol. The topological polar surface area (TPSA) is 109 Å². The van der Waals surface area contributed by atoms with Crippen molar-refractivity contribution in [2.24, 2.45) is 0 Å². The molecule has 0 heterocycles. The Balaban J connectivity index is 1.71. The van der Waals surface area contributed by atoms with Gasteiger partial charge in [-0.25, -0.2) is 0 Å². The number of hydrogen-bond donors (Lipinski definition) is 1. The summed E-state index contributed by atoms with van der Waals surface area (Å²) in [6.07, 6.45) is 1.17. The Morgan fingerprint density at radius 1 is 0.844 bits per heavy atom. The van der Waals surface area contributed by atoms with E-state index >= 15 is 0 Å². The minimum Gasteiger partial charge on any atom is -0.493 e. The number of rotatable bonds is 18. The number of amides is 1. The Labute approximate surface area is 269 Å². The molecule has 0 aliphatic rings. The van der Waals surface area contributed by atoms with Crippen molar-refractivity contribution >= 4 is 33.8 Å². The van der Waals surface area contributed by atoms with E-state index in [2.05, 4.69) is 26.0 Å². The molecule has 1 N–H and O–H groups in total. The van der Waals surface area contributed by atoms with Crippen LogP contribution in [-0.2, 0) is 38.6 Å². The second-order valence-corrected chi connectivity index (χ2v) is 10.5. The number of nitrogens with one attached hydrogen (secondary N) is 1. The summed E-state index contributed by atoms with van der Waals surface area (Å²) in [6, 6.07) is 16.6. The van der Waals surface area contributed by atoms with Crippen LogP contribution in [-0.4, -0.2) is 44.3 Å². The molecule has 0 unspecified atom stereocenters. The molecule has 45 heavy (non-hydrogen) atoms. The van der Waals surface area contributed by atoms with E-state index in [1.54, 1.807) is 56.3 Å². The average Bonchev–Trinajstić information content (AvgIpc) is 3.00. The molecule has 3 rings (SSSR count). The third-order valence-corrected chi connectivity index (χ3v) is 6.82. The van der Waals surface area contributed by atoms with E-state index in [9.17, 15) is 23.2 Å². The van der Waals surface area contributed by atoms with Gasteiger partial charge in [0.1, 0.15) is 23.9 Å². The van der Waals surface area contributed by atoms with Gasteiger partial charge in [-0.1, -0.05) is 46.3 Å². The minimum absolute atomic E-state index is 0.0185. The van der Waals surface area contributed by atoms with Crippen LogP contribution in [0.1, 0.15) is 60.2 Å². The van der Waals surface area contributed by atoms with Crippen LogP contribution < -0.4 is 19.5 Å². The summed E-state index contributed by atoms with van der Waals surface area (Å²) < 4.78 is 52.8. The van der Waals surface area contributed by atoms with Crippen LogP contribution in [0.2, 0.25) is 0 Å². The van der Waals surface area contributed by atoms with Crippen LogP contribution in [0.25, 0.3) is 0 Å². The summed E-state index contributed by atoms with van der Waals surface area (Å²) in [5.74, 6) is -0.134.